The number of rotatable bonds is 4. The van der Waals surface area contributed by atoms with Gasteiger partial charge >= 0.3 is 0 Å². The van der Waals surface area contributed by atoms with E-state index in [0.29, 0.717) is 32.8 Å². The van der Waals surface area contributed by atoms with Crippen LogP contribution in [0.25, 0.3) is 20.7 Å². The number of hydrogen-bond donors (Lipinski definition) is 0. The van der Waals surface area contributed by atoms with Crippen LogP contribution in [0, 0.1) is 6.92 Å². The molecule has 4 heterocycles. The van der Waals surface area contributed by atoms with Crippen molar-refractivity contribution < 1.29 is 9.53 Å². The molecule has 8 heteroatoms. The van der Waals surface area contributed by atoms with E-state index in [0.717, 1.165) is 42.2 Å². The molecule has 31 heavy (non-hydrogen) atoms. The van der Waals surface area contributed by atoms with E-state index >= 15 is 0 Å². The van der Waals surface area contributed by atoms with Gasteiger partial charge in [0.25, 0.3) is 0 Å². The maximum Gasteiger partial charge on any atom is 0.236 e. The molecule has 3 aromatic rings. The Bertz CT molecular complexity index is 1060. The van der Waals surface area contributed by atoms with E-state index in [1.165, 1.54) is 16.0 Å². The fraction of sp³-hybridized carbons (Fsp3) is 0.435. The van der Waals surface area contributed by atoms with Crippen LogP contribution >= 0.6 is 11.3 Å². The lowest BCUT2D eigenvalue weighted by molar-refractivity contribution is -0.136. The number of thiophene rings is 1. The zero-order valence-corrected chi connectivity index (χ0v) is 18.6. The molecule has 5 rings (SSSR count). The molecule has 2 aliphatic heterocycles. The van der Waals surface area contributed by atoms with Crippen LogP contribution in [-0.4, -0.2) is 84.7 Å². The number of benzene rings is 1. The van der Waals surface area contributed by atoms with Crippen LogP contribution in [0.4, 0.5) is 5.82 Å². The van der Waals surface area contributed by atoms with Crippen LogP contribution in [0.3, 0.4) is 0 Å². The summed E-state index contributed by atoms with van der Waals surface area (Å²) in [6, 6.07) is 10.5. The second kappa shape index (κ2) is 8.90. The van der Waals surface area contributed by atoms with Crippen molar-refractivity contribution in [2.45, 2.75) is 6.92 Å². The Labute approximate surface area is 186 Å². The lowest BCUT2D eigenvalue weighted by Gasteiger charge is -2.36. The van der Waals surface area contributed by atoms with Gasteiger partial charge in [0.15, 0.2) is 0 Å². The largest absolute Gasteiger partial charge is 0.378 e. The highest BCUT2D eigenvalue weighted by Crippen LogP contribution is 2.40. The molecule has 1 aromatic carbocycles. The summed E-state index contributed by atoms with van der Waals surface area (Å²) in [5, 5.41) is 1.16. The maximum absolute atomic E-state index is 12.6. The molecule has 2 fully saturated rings. The lowest BCUT2D eigenvalue weighted by atomic mass is 10.1. The summed E-state index contributed by atoms with van der Waals surface area (Å²) < 4.78 is 5.35. The Balaban J connectivity index is 1.31. The number of morpholine rings is 1. The number of carbonyl (C=O) groups is 1. The highest BCUT2D eigenvalue weighted by atomic mass is 32.1. The molecule has 0 unspecified atom stereocenters. The summed E-state index contributed by atoms with van der Waals surface area (Å²) in [5.74, 6) is 1.22. The van der Waals surface area contributed by atoms with Crippen molar-refractivity contribution in [1.82, 2.24) is 19.8 Å². The molecule has 0 spiro atoms. The number of hydrogen-bond acceptors (Lipinski definition) is 7. The van der Waals surface area contributed by atoms with Crippen molar-refractivity contribution >= 4 is 33.3 Å². The number of anilines is 1. The fourth-order valence-electron chi connectivity index (χ4n) is 4.38. The molecule has 1 amide bonds. The van der Waals surface area contributed by atoms with Gasteiger partial charge in [0.05, 0.1) is 25.1 Å². The van der Waals surface area contributed by atoms with Crippen molar-refractivity contribution in [1.29, 1.82) is 0 Å². The van der Waals surface area contributed by atoms with Crippen molar-refractivity contribution in [3.8, 4) is 10.4 Å². The second-order valence-corrected chi connectivity index (χ2v) is 9.06. The van der Waals surface area contributed by atoms with E-state index < -0.39 is 0 Å². The zero-order valence-electron chi connectivity index (χ0n) is 17.8. The van der Waals surface area contributed by atoms with Gasteiger partial charge < -0.3 is 14.5 Å². The van der Waals surface area contributed by atoms with Gasteiger partial charge in [-0.3, -0.25) is 9.69 Å². The van der Waals surface area contributed by atoms with Crippen LogP contribution in [0.1, 0.15) is 5.56 Å². The van der Waals surface area contributed by atoms with Gasteiger partial charge in [0, 0.05) is 44.1 Å². The molecule has 0 N–H and O–H groups in total. The molecule has 2 aromatic heterocycles. The van der Waals surface area contributed by atoms with Gasteiger partial charge in [-0.25, -0.2) is 9.97 Å². The smallest absolute Gasteiger partial charge is 0.236 e. The third kappa shape index (κ3) is 4.15. The van der Waals surface area contributed by atoms with Gasteiger partial charge in [-0.1, -0.05) is 30.3 Å². The van der Waals surface area contributed by atoms with Gasteiger partial charge in [-0.05, 0) is 18.1 Å². The third-order valence-electron chi connectivity index (χ3n) is 6.14. The van der Waals surface area contributed by atoms with Crippen LogP contribution in [0.15, 0.2) is 36.7 Å². The number of carbonyl (C=O) groups excluding carboxylic acids is 1. The summed E-state index contributed by atoms with van der Waals surface area (Å²) in [5.41, 5.74) is 2.46. The Kier molecular flexibility index (Phi) is 5.85. The van der Waals surface area contributed by atoms with Crippen LogP contribution in [-0.2, 0) is 9.53 Å². The fourth-order valence-corrected chi connectivity index (χ4v) is 5.53. The summed E-state index contributed by atoms with van der Waals surface area (Å²) >= 11 is 1.73. The van der Waals surface area contributed by atoms with Crippen LogP contribution in [0.5, 0.6) is 0 Å². The number of fused-ring (bicyclic) bond motifs is 1. The number of aromatic nitrogens is 2. The third-order valence-corrected chi connectivity index (χ3v) is 7.39. The number of amides is 1. The Morgan fingerprint density at radius 3 is 2.52 bits per heavy atom. The number of ether oxygens (including phenoxy) is 1. The Morgan fingerprint density at radius 2 is 1.77 bits per heavy atom. The number of nitrogens with zero attached hydrogens (tertiary/aromatic N) is 5. The Morgan fingerprint density at radius 1 is 1.03 bits per heavy atom. The van der Waals surface area contributed by atoms with E-state index in [-0.39, 0.29) is 5.91 Å². The number of aryl methyl sites for hydroxylation is 1. The highest BCUT2D eigenvalue weighted by Gasteiger charge is 2.25. The SMILES string of the molecule is Cc1c(-c2ccccc2)sc2ncnc(N3CCN(CC(=O)N4CCOCC4)CC3)c12. The average molecular weight is 438 g/mol. The summed E-state index contributed by atoms with van der Waals surface area (Å²) in [6.07, 6.45) is 1.68. The summed E-state index contributed by atoms with van der Waals surface area (Å²) in [6.45, 7) is 8.80. The monoisotopic (exact) mass is 437 g/mol. The van der Waals surface area contributed by atoms with E-state index in [2.05, 4.69) is 51.0 Å². The normalized spacial score (nSPS) is 18.0. The van der Waals surface area contributed by atoms with Crippen molar-refractivity contribution in [2.75, 3.05) is 63.9 Å². The number of piperazine rings is 1. The molecule has 0 aliphatic carbocycles. The molecule has 0 radical (unpaired) electrons. The standard InChI is InChI=1S/C23H27N5O2S/c1-17-20-22(24-16-25-23(20)31-21(17)18-5-3-2-4-6-18)28-9-7-26(8-10-28)15-19(29)27-11-13-30-14-12-27/h2-6,16H,7-15H2,1H3. The van der Waals surface area contributed by atoms with Gasteiger partial charge in [0.2, 0.25) is 5.91 Å². The van der Waals surface area contributed by atoms with Gasteiger partial charge in [-0.2, -0.15) is 0 Å². The van der Waals surface area contributed by atoms with Gasteiger partial charge in [0.1, 0.15) is 17.0 Å². The van der Waals surface area contributed by atoms with Crippen LogP contribution < -0.4 is 4.90 Å². The topological polar surface area (TPSA) is 61.8 Å². The molecular weight excluding hydrogens is 410 g/mol. The molecule has 0 atom stereocenters. The van der Waals surface area contributed by atoms with Gasteiger partial charge in [-0.15, -0.1) is 11.3 Å². The molecular formula is C23H27N5O2S. The summed E-state index contributed by atoms with van der Waals surface area (Å²) in [4.78, 5) is 30.6. The second-order valence-electron chi connectivity index (χ2n) is 8.06. The minimum atomic E-state index is 0.211. The molecule has 0 bridgehead atoms. The first kappa shape index (κ1) is 20.4. The van der Waals surface area contributed by atoms with E-state index in [1.807, 2.05) is 11.0 Å². The van der Waals surface area contributed by atoms with E-state index in [1.54, 1.807) is 17.7 Å². The first-order valence-electron chi connectivity index (χ1n) is 10.8. The summed E-state index contributed by atoms with van der Waals surface area (Å²) in [7, 11) is 0. The molecule has 2 aliphatic rings. The average Bonchev–Trinajstić information content (AvgIpc) is 3.17. The molecule has 0 saturated carbocycles. The van der Waals surface area contributed by atoms with E-state index in [9.17, 15) is 4.79 Å². The quantitative estimate of drug-likeness (QED) is 0.625. The van der Waals surface area contributed by atoms with E-state index in [4.69, 9.17) is 4.74 Å². The first-order valence-corrected chi connectivity index (χ1v) is 11.6. The van der Waals surface area contributed by atoms with Crippen molar-refractivity contribution in [3.05, 3.63) is 42.2 Å². The highest BCUT2D eigenvalue weighted by molar-refractivity contribution is 7.22. The Hall–Kier alpha value is -2.55. The van der Waals surface area contributed by atoms with Crippen LogP contribution in [0.2, 0.25) is 0 Å². The zero-order chi connectivity index (χ0) is 21.2. The molecule has 7 nitrogen and oxygen atoms in total. The minimum Gasteiger partial charge on any atom is -0.378 e. The predicted octanol–water partition coefficient (Wildman–Crippen LogP) is 2.65. The lowest BCUT2D eigenvalue weighted by Crippen LogP contribution is -2.51. The van der Waals surface area contributed by atoms with Crippen molar-refractivity contribution in [3.63, 3.8) is 0 Å². The minimum absolute atomic E-state index is 0.211. The predicted molar refractivity (Wildman–Crippen MR) is 124 cm³/mol. The molecule has 2 saturated heterocycles. The van der Waals surface area contributed by atoms with Crippen molar-refractivity contribution in [2.24, 2.45) is 0 Å². The molecule has 162 valence electrons. The first-order chi connectivity index (χ1) is 15.2. The maximum atomic E-state index is 12.6.